The van der Waals surface area contributed by atoms with Crippen molar-refractivity contribution < 1.29 is 5.11 Å². The molecular formula is C14H21NO. The summed E-state index contributed by atoms with van der Waals surface area (Å²) >= 11 is 0. The quantitative estimate of drug-likeness (QED) is 0.812. The Morgan fingerprint density at radius 1 is 1.44 bits per heavy atom. The molecule has 3 rings (SSSR count). The number of aliphatic hydroxyl groups is 1. The Morgan fingerprint density at radius 3 is 2.94 bits per heavy atom. The summed E-state index contributed by atoms with van der Waals surface area (Å²) in [7, 11) is 0. The smallest absolute Gasteiger partial charge is 0.0807 e. The van der Waals surface area contributed by atoms with E-state index in [1.807, 2.05) is 0 Å². The van der Waals surface area contributed by atoms with Gasteiger partial charge >= 0.3 is 0 Å². The molecule has 1 saturated carbocycles. The molecule has 1 fully saturated rings. The van der Waals surface area contributed by atoms with Gasteiger partial charge in [0.25, 0.3) is 0 Å². The lowest BCUT2D eigenvalue weighted by molar-refractivity contribution is 0.127. The highest BCUT2D eigenvalue weighted by molar-refractivity contribution is 5.27. The molecular weight excluding hydrogens is 198 g/mol. The molecule has 1 aromatic rings. The number of nitrogens with zero attached hydrogens (tertiary/aromatic N) is 1. The Hall–Kier alpha value is -0.760. The van der Waals surface area contributed by atoms with Crippen LogP contribution in [0.2, 0.25) is 0 Å². The molecule has 16 heavy (non-hydrogen) atoms. The summed E-state index contributed by atoms with van der Waals surface area (Å²) in [5.41, 5.74) is 3.11. The Bertz CT molecular complexity index is 389. The second kappa shape index (κ2) is 3.63. The standard InChI is InChI=1S/C14H21NO/c1-14(7-3-8-14)10-15-9-6-11-12(15)4-2-5-13(11)16/h6,9,13,16H,2-5,7-8,10H2,1H3. The molecule has 0 aliphatic heterocycles. The lowest BCUT2D eigenvalue weighted by Crippen LogP contribution is -2.31. The van der Waals surface area contributed by atoms with E-state index in [-0.39, 0.29) is 6.10 Å². The van der Waals surface area contributed by atoms with Gasteiger partial charge in [0.15, 0.2) is 0 Å². The van der Waals surface area contributed by atoms with Gasteiger partial charge in [-0.1, -0.05) is 13.3 Å². The van der Waals surface area contributed by atoms with Crippen LogP contribution < -0.4 is 0 Å². The predicted molar refractivity (Wildman–Crippen MR) is 64.3 cm³/mol. The Balaban J connectivity index is 1.85. The third-order valence-corrected chi connectivity index (χ3v) is 4.48. The van der Waals surface area contributed by atoms with Crippen molar-refractivity contribution in [2.45, 2.75) is 58.1 Å². The van der Waals surface area contributed by atoms with E-state index in [0.717, 1.165) is 25.8 Å². The fourth-order valence-corrected chi connectivity index (χ4v) is 3.23. The van der Waals surface area contributed by atoms with Crippen LogP contribution in [-0.4, -0.2) is 9.67 Å². The van der Waals surface area contributed by atoms with Gasteiger partial charge in [-0.15, -0.1) is 0 Å². The first-order chi connectivity index (χ1) is 7.68. The van der Waals surface area contributed by atoms with E-state index in [1.54, 1.807) is 0 Å². The summed E-state index contributed by atoms with van der Waals surface area (Å²) in [6, 6.07) is 2.13. The largest absolute Gasteiger partial charge is 0.388 e. The highest BCUT2D eigenvalue weighted by Crippen LogP contribution is 2.42. The van der Waals surface area contributed by atoms with Crippen LogP contribution in [0.15, 0.2) is 12.3 Å². The minimum absolute atomic E-state index is 0.209. The molecule has 2 aliphatic rings. The number of rotatable bonds is 2. The third kappa shape index (κ3) is 1.60. The molecule has 88 valence electrons. The van der Waals surface area contributed by atoms with E-state index >= 15 is 0 Å². The van der Waals surface area contributed by atoms with E-state index in [9.17, 15) is 5.11 Å². The molecule has 1 heterocycles. The fraction of sp³-hybridized carbons (Fsp3) is 0.714. The van der Waals surface area contributed by atoms with Gasteiger partial charge in [-0.25, -0.2) is 0 Å². The zero-order valence-corrected chi connectivity index (χ0v) is 10.1. The average molecular weight is 219 g/mol. The van der Waals surface area contributed by atoms with Crippen LogP contribution in [-0.2, 0) is 13.0 Å². The van der Waals surface area contributed by atoms with Crippen LogP contribution >= 0.6 is 0 Å². The average Bonchev–Trinajstić information content (AvgIpc) is 2.61. The maximum Gasteiger partial charge on any atom is 0.0807 e. The molecule has 1 aromatic heterocycles. The summed E-state index contributed by atoms with van der Waals surface area (Å²) in [5, 5.41) is 9.93. The summed E-state index contributed by atoms with van der Waals surface area (Å²) in [4.78, 5) is 0. The van der Waals surface area contributed by atoms with Crippen molar-refractivity contribution in [3.05, 3.63) is 23.5 Å². The maximum absolute atomic E-state index is 9.93. The molecule has 2 nitrogen and oxygen atoms in total. The van der Waals surface area contributed by atoms with Crippen molar-refractivity contribution in [1.82, 2.24) is 4.57 Å². The molecule has 0 saturated heterocycles. The zero-order chi connectivity index (χ0) is 11.2. The molecule has 0 spiro atoms. The lowest BCUT2D eigenvalue weighted by atomic mass is 9.70. The maximum atomic E-state index is 9.93. The molecule has 0 aromatic carbocycles. The second-order valence-electron chi connectivity index (χ2n) is 5.92. The van der Waals surface area contributed by atoms with Gasteiger partial charge in [0.2, 0.25) is 0 Å². The number of fused-ring (bicyclic) bond motifs is 1. The highest BCUT2D eigenvalue weighted by Gasteiger charge is 2.33. The Kier molecular flexibility index (Phi) is 2.36. The Morgan fingerprint density at radius 2 is 2.25 bits per heavy atom. The minimum Gasteiger partial charge on any atom is -0.388 e. The first-order valence-corrected chi connectivity index (χ1v) is 6.54. The zero-order valence-electron chi connectivity index (χ0n) is 10.1. The van der Waals surface area contributed by atoms with Gasteiger partial charge < -0.3 is 9.67 Å². The van der Waals surface area contributed by atoms with Crippen molar-refractivity contribution in [1.29, 1.82) is 0 Å². The lowest BCUT2D eigenvalue weighted by Gasteiger charge is -2.39. The first-order valence-electron chi connectivity index (χ1n) is 6.54. The fourth-order valence-electron chi connectivity index (χ4n) is 3.23. The third-order valence-electron chi connectivity index (χ3n) is 4.48. The number of aliphatic hydroxyl groups excluding tert-OH is 1. The van der Waals surface area contributed by atoms with Gasteiger partial charge in [-0.2, -0.15) is 0 Å². The highest BCUT2D eigenvalue weighted by atomic mass is 16.3. The monoisotopic (exact) mass is 219 g/mol. The number of aromatic nitrogens is 1. The van der Waals surface area contributed by atoms with Crippen LogP contribution in [0.5, 0.6) is 0 Å². The van der Waals surface area contributed by atoms with Crippen LogP contribution in [0.4, 0.5) is 0 Å². The molecule has 1 N–H and O–H groups in total. The molecule has 1 atom stereocenters. The van der Waals surface area contributed by atoms with E-state index in [4.69, 9.17) is 0 Å². The van der Waals surface area contributed by atoms with E-state index in [1.165, 1.54) is 30.5 Å². The SMILES string of the molecule is CC1(Cn2ccc3c2CCCC3O)CCC1. The van der Waals surface area contributed by atoms with Gasteiger partial charge in [-0.05, 0) is 43.6 Å². The Labute approximate surface area is 97.3 Å². The molecule has 0 amide bonds. The van der Waals surface area contributed by atoms with E-state index in [2.05, 4.69) is 23.8 Å². The summed E-state index contributed by atoms with van der Waals surface area (Å²) < 4.78 is 2.40. The van der Waals surface area contributed by atoms with Crippen LogP contribution in [0.3, 0.4) is 0 Å². The van der Waals surface area contributed by atoms with Crippen molar-refractivity contribution in [3.63, 3.8) is 0 Å². The van der Waals surface area contributed by atoms with Gasteiger partial charge in [-0.3, -0.25) is 0 Å². The van der Waals surface area contributed by atoms with Crippen LogP contribution in [0.1, 0.15) is 56.4 Å². The van der Waals surface area contributed by atoms with Crippen molar-refractivity contribution in [2.75, 3.05) is 0 Å². The molecule has 2 aliphatic carbocycles. The number of hydrogen-bond acceptors (Lipinski definition) is 1. The molecule has 2 heteroatoms. The van der Waals surface area contributed by atoms with Crippen molar-refractivity contribution in [2.24, 2.45) is 5.41 Å². The number of hydrogen-bond donors (Lipinski definition) is 1. The van der Waals surface area contributed by atoms with Crippen LogP contribution in [0, 0.1) is 5.41 Å². The summed E-state index contributed by atoms with van der Waals surface area (Å²) in [6.45, 7) is 3.54. The summed E-state index contributed by atoms with van der Waals surface area (Å²) in [6.07, 6.45) is 9.31. The minimum atomic E-state index is -0.209. The van der Waals surface area contributed by atoms with Crippen molar-refractivity contribution in [3.8, 4) is 0 Å². The van der Waals surface area contributed by atoms with E-state index in [0.29, 0.717) is 5.41 Å². The first kappa shape index (κ1) is 10.4. The van der Waals surface area contributed by atoms with Gasteiger partial charge in [0.1, 0.15) is 0 Å². The van der Waals surface area contributed by atoms with Gasteiger partial charge in [0, 0.05) is 24.0 Å². The predicted octanol–water partition coefficient (Wildman–Crippen LogP) is 3.05. The topological polar surface area (TPSA) is 25.2 Å². The van der Waals surface area contributed by atoms with Crippen LogP contribution in [0.25, 0.3) is 0 Å². The van der Waals surface area contributed by atoms with Crippen molar-refractivity contribution >= 4 is 0 Å². The molecule has 0 radical (unpaired) electrons. The van der Waals surface area contributed by atoms with Gasteiger partial charge in [0.05, 0.1) is 6.10 Å². The molecule has 1 unspecified atom stereocenters. The van der Waals surface area contributed by atoms with E-state index < -0.39 is 0 Å². The summed E-state index contributed by atoms with van der Waals surface area (Å²) in [5.74, 6) is 0. The second-order valence-corrected chi connectivity index (χ2v) is 5.92. The normalized spacial score (nSPS) is 27.2. The molecule has 0 bridgehead atoms.